The van der Waals surface area contributed by atoms with Crippen LogP contribution in [0.1, 0.15) is 83.3 Å². The zero-order valence-electron chi connectivity index (χ0n) is 24.0. The summed E-state index contributed by atoms with van der Waals surface area (Å²) in [6.45, 7) is 9.87. The van der Waals surface area contributed by atoms with Crippen LogP contribution in [0.4, 0.5) is 0 Å². The first-order valence-corrected chi connectivity index (χ1v) is 22.8. The first-order valence-electron chi connectivity index (χ1n) is 15.3. The summed E-state index contributed by atoms with van der Waals surface area (Å²) in [5.74, 6) is -0.135. The van der Waals surface area contributed by atoms with Crippen molar-refractivity contribution >= 4 is 27.9 Å². The third kappa shape index (κ3) is 6.50. The number of hydrogen-bond acceptors (Lipinski definition) is 4. The first-order chi connectivity index (χ1) is 18.5. The van der Waals surface area contributed by atoms with Gasteiger partial charge in [-0.3, -0.25) is 0 Å². The average molecular weight is 626 g/mol. The molecule has 5 heteroatoms. The van der Waals surface area contributed by atoms with Crippen LogP contribution in [0, 0.1) is 5.92 Å². The summed E-state index contributed by atoms with van der Waals surface area (Å²) in [6, 6.07) is 18.0. The molecule has 1 N–H and O–H groups in total. The molecule has 0 spiro atoms. The van der Waals surface area contributed by atoms with Gasteiger partial charge in [0, 0.05) is 0 Å². The number of hydrogen-bond donors (Lipinski definition) is 1. The fraction of sp³-hybridized carbons (Fsp3) is 0.606. The molecule has 3 aliphatic rings. The standard InChI is InChI=1S/C21H22NO3.3C4H9.Sn/c23-20(25-19-15-22-13-11-16(19)12-14-22)21(24,17-7-3-1-4-8-17)18-9-5-2-6-10-18;3*1-3-4-2;/h1,3-10,16,19,24H,11-15H2;3*1,3-4H2,2H3;/t19-,21+;;;;/m0..../s1. The molecule has 3 aliphatic heterocycles. The number of carbonyl (C=O) groups is 1. The molecule has 3 saturated heterocycles. The van der Waals surface area contributed by atoms with Crippen molar-refractivity contribution < 1.29 is 14.6 Å². The molecular weight excluding hydrogens is 577 g/mol. The SMILES string of the molecule is CCC[CH2][Sn]([CH2]CCC)([CH2]CCC)[c]1ccc([C@@](O)(C(=O)O[C@H]2CN3CCC2CC3)c2ccccc2)cc1. The molecule has 0 radical (unpaired) electrons. The molecule has 2 aromatic carbocycles. The predicted octanol–water partition coefficient (Wildman–Crippen LogP) is 6.62. The van der Waals surface area contributed by atoms with E-state index >= 15 is 0 Å². The van der Waals surface area contributed by atoms with Crippen molar-refractivity contribution in [2.24, 2.45) is 5.92 Å². The molecule has 5 rings (SSSR count). The van der Waals surface area contributed by atoms with Crippen LogP contribution in [0.25, 0.3) is 0 Å². The molecule has 2 atom stereocenters. The number of rotatable bonds is 14. The Morgan fingerprint density at radius 1 is 0.868 bits per heavy atom. The van der Waals surface area contributed by atoms with Crippen LogP contribution in [0.3, 0.4) is 0 Å². The Hall–Kier alpha value is -1.37. The molecule has 3 heterocycles. The van der Waals surface area contributed by atoms with Gasteiger partial charge in [-0.15, -0.1) is 0 Å². The predicted molar refractivity (Wildman–Crippen MR) is 159 cm³/mol. The van der Waals surface area contributed by atoms with Crippen LogP contribution in [0.2, 0.25) is 13.3 Å². The number of fused-ring (bicyclic) bond motifs is 3. The van der Waals surface area contributed by atoms with Gasteiger partial charge in [0.1, 0.15) is 0 Å². The molecule has 38 heavy (non-hydrogen) atoms. The molecule has 2 aromatic rings. The third-order valence-electron chi connectivity index (χ3n) is 9.28. The van der Waals surface area contributed by atoms with E-state index in [0.717, 1.165) is 32.5 Å². The number of unbranched alkanes of at least 4 members (excludes halogenated alkanes) is 3. The van der Waals surface area contributed by atoms with Gasteiger partial charge < -0.3 is 0 Å². The molecule has 0 aromatic heterocycles. The van der Waals surface area contributed by atoms with Crippen LogP contribution in [-0.2, 0) is 15.1 Å². The van der Waals surface area contributed by atoms with E-state index in [4.69, 9.17) is 4.74 Å². The maximum absolute atomic E-state index is 13.8. The number of ether oxygens (including phenoxy) is 1. The van der Waals surface area contributed by atoms with Crippen molar-refractivity contribution in [1.82, 2.24) is 4.90 Å². The van der Waals surface area contributed by atoms with Gasteiger partial charge in [0.2, 0.25) is 0 Å². The second kappa shape index (κ2) is 13.8. The zero-order chi connectivity index (χ0) is 27.0. The fourth-order valence-electron chi connectivity index (χ4n) is 6.77. The molecular formula is C33H49NO3Sn. The van der Waals surface area contributed by atoms with Crippen LogP contribution in [-0.4, -0.2) is 60.1 Å². The first kappa shape index (κ1) is 29.6. The van der Waals surface area contributed by atoms with E-state index in [9.17, 15) is 9.90 Å². The van der Waals surface area contributed by atoms with E-state index in [1.807, 2.05) is 42.5 Å². The minimum atomic E-state index is -2.61. The average Bonchev–Trinajstić information content (AvgIpc) is 2.97. The maximum atomic E-state index is 13.8. The summed E-state index contributed by atoms with van der Waals surface area (Å²) in [5, 5.41) is 12.2. The fourth-order valence-corrected chi connectivity index (χ4v) is 22.7. The molecule has 0 aliphatic carbocycles. The van der Waals surface area contributed by atoms with E-state index in [2.05, 4.69) is 37.8 Å². The van der Waals surface area contributed by atoms with Crippen molar-refractivity contribution in [1.29, 1.82) is 0 Å². The van der Waals surface area contributed by atoms with Gasteiger partial charge in [-0.05, 0) is 0 Å². The Morgan fingerprint density at radius 2 is 1.39 bits per heavy atom. The van der Waals surface area contributed by atoms with E-state index in [1.165, 1.54) is 51.8 Å². The third-order valence-corrected chi connectivity index (χ3v) is 25.0. The summed E-state index contributed by atoms with van der Waals surface area (Å²) < 4.78 is 11.9. The number of aliphatic hydroxyl groups is 1. The van der Waals surface area contributed by atoms with Gasteiger partial charge in [-0.2, -0.15) is 0 Å². The van der Waals surface area contributed by atoms with Gasteiger partial charge in [0.25, 0.3) is 0 Å². The van der Waals surface area contributed by atoms with Crippen LogP contribution in [0.15, 0.2) is 54.6 Å². The van der Waals surface area contributed by atoms with Gasteiger partial charge in [-0.25, -0.2) is 0 Å². The molecule has 0 amide bonds. The van der Waals surface area contributed by atoms with Gasteiger partial charge in [0.05, 0.1) is 0 Å². The van der Waals surface area contributed by atoms with E-state index < -0.39 is 29.9 Å². The zero-order valence-corrected chi connectivity index (χ0v) is 26.8. The number of nitrogens with zero attached hydrogens (tertiary/aromatic N) is 1. The quantitative estimate of drug-likeness (QED) is 0.189. The van der Waals surface area contributed by atoms with Crippen molar-refractivity contribution in [3.8, 4) is 0 Å². The number of piperidine rings is 3. The summed E-state index contributed by atoms with van der Waals surface area (Å²) in [5.41, 5.74) is -0.600. The summed E-state index contributed by atoms with van der Waals surface area (Å²) in [7, 11) is 0. The number of esters is 1. The number of benzene rings is 2. The Labute approximate surface area is 235 Å². The molecule has 0 unspecified atom stereocenters. The van der Waals surface area contributed by atoms with Crippen LogP contribution < -0.4 is 3.58 Å². The van der Waals surface area contributed by atoms with Crippen LogP contribution >= 0.6 is 0 Å². The number of carbonyl (C=O) groups excluding carboxylic acids is 1. The second-order valence-corrected chi connectivity index (χ2v) is 25.1. The summed E-state index contributed by atoms with van der Waals surface area (Å²) in [4.78, 5) is 16.2. The summed E-state index contributed by atoms with van der Waals surface area (Å²) >= 11 is -2.61. The molecule has 208 valence electrons. The van der Waals surface area contributed by atoms with Gasteiger partial charge >= 0.3 is 236 Å². The Kier molecular flexibility index (Phi) is 10.8. The van der Waals surface area contributed by atoms with E-state index in [0.29, 0.717) is 17.0 Å². The molecule has 2 bridgehead atoms. The van der Waals surface area contributed by atoms with Crippen LogP contribution in [0.5, 0.6) is 0 Å². The minimum absolute atomic E-state index is 0.138. The van der Waals surface area contributed by atoms with E-state index in [1.54, 1.807) is 3.58 Å². The topological polar surface area (TPSA) is 49.8 Å². The monoisotopic (exact) mass is 627 g/mol. The van der Waals surface area contributed by atoms with Crippen molar-refractivity contribution in [2.75, 3.05) is 19.6 Å². The Bertz CT molecular complexity index is 981. The van der Waals surface area contributed by atoms with Crippen molar-refractivity contribution in [3.63, 3.8) is 0 Å². The Morgan fingerprint density at radius 3 is 1.87 bits per heavy atom. The van der Waals surface area contributed by atoms with Gasteiger partial charge in [0.15, 0.2) is 0 Å². The van der Waals surface area contributed by atoms with Gasteiger partial charge in [-0.1, -0.05) is 0 Å². The Balaban J connectivity index is 1.66. The molecule has 0 saturated carbocycles. The molecule has 3 fully saturated rings. The molecule has 4 nitrogen and oxygen atoms in total. The second-order valence-electron chi connectivity index (χ2n) is 11.8. The summed E-state index contributed by atoms with van der Waals surface area (Å²) in [6.07, 6.45) is 9.66. The van der Waals surface area contributed by atoms with Crippen molar-refractivity contribution in [3.05, 3.63) is 65.7 Å². The normalized spacial score (nSPS) is 22.7. The van der Waals surface area contributed by atoms with E-state index in [-0.39, 0.29) is 6.10 Å². The van der Waals surface area contributed by atoms with Crippen molar-refractivity contribution in [2.45, 2.75) is 97.2 Å².